The number of allylic oxidation sites excluding steroid dienone is 1. The van der Waals surface area contributed by atoms with Crippen LogP contribution in [-0.4, -0.2) is 37.7 Å². The normalized spacial score (nSPS) is 17.2. The molecule has 2 aromatic heterocycles. The smallest absolute Gasteiger partial charge is 0.213 e. The lowest BCUT2D eigenvalue weighted by atomic mass is 9.85. The predicted molar refractivity (Wildman–Crippen MR) is 139 cm³/mol. The van der Waals surface area contributed by atoms with E-state index in [1.165, 1.54) is 25.3 Å². The van der Waals surface area contributed by atoms with Crippen LogP contribution in [0.15, 0.2) is 43.0 Å². The molecule has 6 nitrogen and oxygen atoms in total. The van der Waals surface area contributed by atoms with Gasteiger partial charge in [-0.15, -0.1) is 10.2 Å². The Kier molecular flexibility index (Phi) is 7.46. The standard InChI is InChI=1S/C29H36FN5O/c1-20(2)29-33-32-27(35(29)17-22-6-4-7-22)18-34-14-12-23(13-15-34)26-8-5-9-28(31-26)36-19-24-11-10-21(3)16-25(24)30/h5,8-11,16,22-23H,1,4,6-7,12-15,17-19H2,2-3H3. The van der Waals surface area contributed by atoms with Crippen molar-refractivity contribution in [2.45, 2.75) is 71.6 Å². The number of aromatic nitrogens is 4. The number of likely N-dealkylation sites (tertiary alicyclic amines) is 1. The van der Waals surface area contributed by atoms with Crippen molar-refractivity contribution in [2.75, 3.05) is 13.1 Å². The Hall–Kier alpha value is -3.06. The van der Waals surface area contributed by atoms with Crippen LogP contribution in [-0.2, 0) is 19.7 Å². The van der Waals surface area contributed by atoms with Gasteiger partial charge in [0.25, 0.3) is 0 Å². The minimum absolute atomic E-state index is 0.175. The van der Waals surface area contributed by atoms with E-state index in [0.717, 1.165) is 73.4 Å². The molecule has 5 rings (SSSR count). The number of aryl methyl sites for hydroxylation is 1. The first kappa shape index (κ1) is 24.6. The van der Waals surface area contributed by atoms with Crippen molar-refractivity contribution in [3.05, 3.63) is 77.3 Å². The van der Waals surface area contributed by atoms with Crippen LogP contribution in [0, 0.1) is 18.7 Å². The number of nitrogens with zero attached hydrogens (tertiary/aromatic N) is 5. The molecule has 0 amide bonds. The lowest BCUT2D eigenvalue weighted by molar-refractivity contribution is 0.192. The number of pyridine rings is 1. The van der Waals surface area contributed by atoms with E-state index in [1.807, 2.05) is 32.0 Å². The number of benzene rings is 1. The van der Waals surface area contributed by atoms with E-state index in [2.05, 4.69) is 32.3 Å². The average molecular weight is 490 g/mol. The van der Waals surface area contributed by atoms with Crippen LogP contribution in [0.1, 0.15) is 73.4 Å². The van der Waals surface area contributed by atoms with E-state index in [4.69, 9.17) is 9.72 Å². The summed E-state index contributed by atoms with van der Waals surface area (Å²) >= 11 is 0. The van der Waals surface area contributed by atoms with Crippen molar-refractivity contribution < 1.29 is 9.13 Å². The summed E-state index contributed by atoms with van der Waals surface area (Å²) in [4.78, 5) is 7.23. The van der Waals surface area contributed by atoms with Gasteiger partial charge < -0.3 is 9.30 Å². The van der Waals surface area contributed by atoms with Gasteiger partial charge in [-0.25, -0.2) is 9.37 Å². The Morgan fingerprint density at radius 2 is 1.92 bits per heavy atom. The molecule has 1 saturated carbocycles. The summed E-state index contributed by atoms with van der Waals surface area (Å²) in [5, 5.41) is 9.00. The maximum absolute atomic E-state index is 14.1. The lowest BCUT2D eigenvalue weighted by Gasteiger charge is -2.32. The summed E-state index contributed by atoms with van der Waals surface area (Å²) in [5.74, 6) is 3.42. The van der Waals surface area contributed by atoms with Crippen LogP contribution in [0.3, 0.4) is 0 Å². The molecule has 0 unspecified atom stereocenters. The highest BCUT2D eigenvalue weighted by atomic mass is 19.1. The van der Waals surface area contributed by atoms with Gasteiger partial charge in [0.2, 0.25) is 5.88 Å². The molecule has 1 aliphatic carbocycles. The fourth-order valence-electron chi connectivity index (χ4n) is 5.14. The van der Waals surface area contributed by atoms with E-state index in [-0.39, 0.29) is 12.4 Å². The van der Waals surface area contributed by atoms with Crippen LogP contribution in [0.5, 0.6) is 5.88 Å². The Bertz CT molecular complexity index is 1210. The second-order valence-corrected chi connectivity index (χ2v) is 10.5. The summed E-state index contributed by atoms with van der Waals surface area (Å²) in [6.07, 6.45) is 6.00. The fraction of sp³-hybridized carbons (Fsp3) is 0.483. The molecular formula is C29H36FN5O. The summed E-state index contributed by atoms with van der Waals surface area (Å²) in [6, 6.07) is 11.1. The summed E-state index contributed by atoms with van der Waals surface area (Å²) in [5.41, 5.74) is 3.47. The largest absolute Gasteiger partial charge is 0.473 e. The predicted octanol–water partition coefficient (Wildman–Crippen LogP) is 5.91. The molecular weight excluding hydrogens is 453 g/mol. The first-order valence-corrected chi connectivity index (χ1v) is 13.1. The Morgan fingerprint density at radius 1 is 1.11 bits per heavy atom. The number of halogens is 1. The number of hydrogen-bond acceptors (Lipinski definition) is 5. The van der Waals surface area contributed by atoms with Crippen molar-refractivity contribution in [2.24, 2.45) is 5.92 Å². The van der Waals surface area contributed by atoms with Gasteiger partial charge in [0.1, 0.15) is 18.2 Å². The quantitative estimate of drug-likeness (QED) is 0.374. The Morgan fingerprint density at radius 3 is 2.61 bits per heavy atom. The first-order chi connectivity index (χ1) is 17.5. The maximum atomic E-state index is 14.1. The van der Waals surface area contributed by atoms with Gasteiger partial charge in [-0.2, -0.15) is 0 Å². The summed E-state index contributed by atoms with van der Waals surface area (Å²) in [6.45, 7) is 12.0. The van der Waals surface area contributed by atoms with Crippen molar-refractivity contribution >= 4 is 5.57 Å². The zero-order valence-corrected chi connectivity index (χ0v) is 21.4. The molecule has 1 aliphatic heterocycles. The second kappa shape index (κ2) is 10.9. The molecule has 3 aromatic rings. The zero-order chi connectivity index (χ0) is 25.1. The van der Waals surface area contributed by atoms with Crippen LogP contribution in [0.2, 0.25) is 0 Å². The van der Waals surface area contributed by atoms with E-state index >= 15 is 0 Å². The molecule has 0 N–H and O–H groups in total. The van der Waals surface area contributed by atoms with Gasteiger partial charge in [-0.3, -0.25) is 4.90 Å². The maximum Gasteiger partial charge on any atom is 0.213 e. The van der Waals surface area contributed by atoms with Crippen LogP contribution < -0.4 is 4.74 Å². The van der Waals surface area contributed by atoms with Crippen molar-refractivity contribution in [3.8, 4) is 5.88 Å². The lowest BCUT2D eigenvalue weighted by Crippen LogP contribution is -2.34. The van der Waals surface area contributed by atoms with Gasteiger partial charge in [0, 0.05) is 29.8 Å². The topological polar surface area (TPSA) is 56.1 Å². The van der Waals surface area contributed by atoms with Crippen molar-refractivity contribution in [1.82, 2.24) is 24.6 Å². The van der Waals surface area contributed by atoms with Gasteiger partial charge in [0.05, 0.1) is 6.54 Å². The first-order valence-electron chi connectivity index (χ1n) is 13.1. The van der Waals surface area contributed by atoms with Gasteiger partial charge in [0.15, 0.2) is 5.82 Å². The minimum Gasteiger partial charge on any atom is -0.473 e. The fourth-order valence-corrected chi connectivity index (χ4v) is 5.14. The highest BCUT2D eigenvalue weighted by Crippen LogP contribution is 2.31. The van der Waals surface area contributed by atoms with Crippen molar-refractivity contribution in [1.29, 1.82) is 0 Å². The van der Waals surface area contributed by atoms with Crippen LogP contribution >= 0.6 is 0 Å². The highest BCUT2D eigenvalue weighted by molar-refractivity contribution is 5.54. The van der Waals surface area contributed by atoms with E-state index < -0.39 is 0 Å². The molecule has 3 heterocycles. The van der Waals surface area contributed by atoms with E-state index in [0.29, 0.717) is 17.4 Å². The third-order valence-electron chi connectivity index (χ3n) is 7.57. The van der Waals surface area contributed by atoms with Gasteiger partial charge in [-0.05, 0) is 81.8 Å². The number of ether oxygens (including phenoxy) is 1. The Balaban J connectivity index is 1.17. The summed E-state index contributed by atoms with van der Waals surface area (Å²) < 4.78 is 22.3. The third kappa shape index (κ3) is 5.67. The molecule has 0 spiro atoms. The minimum atomic E-state index is -0.239. The van der Waals surface area contributed by atoms with E-state index in [9.17, 15) is 4.39 Å². The molecule has 0 bridgehead atoms. The van der Waals surface area contributed by atoms with Crippen LogP contribution in [0.4, 0.5) is 4.39 Å². The average Bonchev–Trinajstić information content (AvgIpc) is 3.24. The molecule has 2 fully saturated rings. The van der Waals surface area contributed by atoms with Crippen molar-refractivity contribution in [3.63, 3.8) is 0 Å². The van der Waals surface area contributed by atoms with Gasteiger partial charge in [-0.1, -0.05) is 31.2 Å². The third-order valence-corrected chi connectivity index (χ3v) is 7.57. The zero-order valence-electron chi connectivity index (χ0n) is 21.4. The molecule has 36 heavy (non-hydrogen) atoms. The van der Waals surface area contributed by atoms with Gasteiger partial charge >= 0.3 is 0 Å². The number of hydrogen-bond donors (Lipinski definition) is 0. The molecule has 7 heteroatoms. The van der Waals surface area contributed by atoms with Crippen LogP contribution in [0.25, 0.3) is 5.57 Å². The number of piperidine rings is 1. The molecule has 0 atom stereocenters. The second-order valence-electron chi connectivity index (χ2n) is 10.5. The monoisotopic (exact) mass is 489 g/mol. The SMILES string of the molecule is C=C(C)c1nnc(CN2CCC(c3cccc(OCc4ccc(C)cc4F)n3)CC2)n1CC1CCC1. The molecule has 190 valence electrons. The highest BCUT2D eigenvalue weighted by Gasteiger charge is 2.26. The molecule has 0 radical (unpaired) electrons. The molecule has 1 saturated heterocycles. The summed E-state index contributed by atoms with van der Waals surface area (Å²) in [7, 11) is 0. The molecule has 2 aliphatic rings. The Labute approximate surface area is 213 Å². The van der Waals surface area contributed by atoms with E-state index in [1.54, 1.807) is 6.07 Å². The number of rotatable bonds is 9. The molecule has 1 aromatic carbocycles.